The lowest BCUT2D eigenvalue weighted by Crippen LogP contribution is -2.39. The van der Waals surface area contributed by atoms with E-state index in [4.69, 9.17) is 18.9 Å². The fraction of sp³-hybridized carbons (Fsp3) is 0.459. The summed E-state index contributed by atoms with van der Waals surface area (Å²) in [6, 6.07) is 12.2. The van der Waals surface area contributed by atoms with Crippen LogP contribution in [0.4, 0.5) is 0 Å². The van der Waals surface area contributed by atoms with E-state index in [0.29, 0.717) is 49.0 Å². The second kappa shape index (κ2) is 19.2. The van der Waals surface area contributed by atoms with Gasteiger partial charge in [-0.1, -0.05) is 32.9 Å². The van der Waals surface area contributed by atoms with E-state index in [9.17, 15) is 9.59 Å². The molecule has 0 saturated heterocycles. The fourth-order valence-corrected chi connectivity index (χ4v) is 9.57. The van der Waals surface area contributed by atoms with Crippen molar-refractivity contribution in [3.05, 3.63) is 73.6 Å². The van der Waals surface area contributed by atoms with Gasteiger partial charge >= 0.3 is 0 Å². The van der Waals surface area contributed by atoms with Crippen molar-refractivity contribution >= 4 is 73.9 Å². The smallest absolute Gasteiger partial charge is 0.261 e. The maximum absolute atomic E-state index is 14.7. The molecular weight excluding hydrogens is 697 g/mol. The van der Waals surface area contributed by atoms with E-state index in [1.54, 1.807) is 55.6 Å². The standard InChI is InChI=1S/C35H42N2O6S4.C2H6/c1-7-13-22(44-6)24-15-17-26(46-24)32-30-31(35(39)36(32)20-28(40-8-2)41-9-3)33(27-18-16-25(47-27)23-14-12-19-45-23)37(34(30)38)21-29(42-10-4)43-11-5;1-2/h12-19,28-29H,7-11,20-21H2,1-6H3;1-2H3/b22-13-;. The summed E-state index contributed by atoms with van der Waals surface area (Å²) in [7, 11) is 0. The van der Waals surface area contributed by atoms with E-state index < -0.39 is 12.6 Å². The van der Waals surface area contributed by atoms with E-state index in [0.717, 1.165) is 30.8 Å². The number of carbonyl (C=O) groups is 2. The Morgan fingerprint density at radius 2 is 1.20 bits per heavy atom. The number of allylic oxidation sites excluding steroid dienone is 1. The Balaban J connectivity index is 0.00000265. The highest BCUT2D eigenvalue weighted by Gasteiger charge is 2.50. The summed E-state index contributed by atoms with van der Waals surface area (Å²) in [6.45, 7) is 15.7. The van der Waals surface area contributed by atoms with Gasteiger partial charge in [-0.2, -0.15) is 0 Å². The van der Waals surface area contributed by atoms with Gasteiger partial charge in [0.1, 0.15) is 0 Å². The Kier molecular flexibility index (Phi) is 15.3. The maximum Gasteiger partial charge on any atom is 0.261 e. The number of rotatable bonds is 18. The topological polar surface area (TPSA) is 77.5 Å². The van der Waals surface area contributed by atoms with Crippen LogP contribution in [0.25, 0.3) is 26.1 Å². The summed E-state index contributed by atoms with van der Waals surface area (Å²) in [4.78, 5) is 39.0. The van der Waals surface area contributed by atoms with Gasteiger partial charge in [0.15, 0.2) is 12.6 Å². The van der Waals surface area contributed by atoms with Gasteiger partial charge in [0.2, 0.25) is 0 Å². The molecule has 0 radical (unpaired) electrons. The minimum atomic E-state index is -0.646. The first-order valence-electron chi connectivity index (χ1n) is 17.0. The summed E-state index contributed by atoms with van der Waals surface area (Å²) >= 11 is 6.50. The molecule has 12 heteroatoms. The van der Waals surface area contributed by atoms with Crippen LogP contribution in [0.2, 0.25) is 0 Å². The second-order valence-corrected chi connectivity index (χ2v) is 14.4. The Morgan fingerprint density at radius 3 is 1.65 bits per heavy atom. The molecule has 2 aliphatic rings. The molecule has 49 heavy (non-hydrogen) atoms. The highest BCUT2D eigenvalue weighted by atomic mass is 32.2. The summed E-state index contributed by atoms with van der Waals surface area (Å²) < 4.78 is 23.6. The molecule has 0 atom stereocenters. The molecule has 0 aliphatic carbocycles. The number of ether oxygens (including phenoxy) is 4. The summed E-state index contributed by atoms with van der Waals surface area (Å²) in [5.74, 6) is -0.491. The largest absolute Gasteiger partial charge is 0.351 e. The lowest BCUT2D eigenvalue weighted by atomic mass is 10.1. The average Bonchev–Trinajstić information content (AvgIpc) is 3.94. The van der Waals surface area contributed by atoms with Crippen molar-refractivity contribution in [3.63, 3.8) is 0 Å². The van der Waals surface area contributed by atoms with Gasteiger partial charge < -0.3 is 28.7 Å². The lowest BCUT2D eigenvalue weighted by Gasteiger charge is -2.28. The molecule has 0 spiro atoms. The molecule has 2 aliphatic heterocycles. The lowest BCUT2D eigenvalue weighted by molar-refractivity contribution is -0.151. The number of thioether (sulfide) groups is 1. The monoisotopic (exact) mass is 744 g/mol. The predicted molar refractivity (Wildman–Crippen MR) is 206 cm³/mol. The number of fused-ring (bicyclic) bond motifs is 1. The van der Waals surface area contributed by atoms with Crippen molar-refractivity contribution in [2.45, 2.75) is 67.5 Å². The van der Waals surface area contributed by atoms with Crippen molar-refractivity contribution in [2.24, 2.45) is 0 Å². The minimum absolute atomic E-state index is 0.154. The highest BCUT2D eigenvalue weighted by Crippen LogP contribution is 2.50. The normalized spacial score (nSPS) is 15.0. The predicted octanol–water partition coefficient (Wildman–Crippen LogP) is 9.28. The molecule has 2 amide bonds. The van der Waals surface area contributed by atoms with Crippen LogP contribution < -0.4 is 0 Å². The molecule has 3 aromatic heterocycles. The van der Waals surface area contributed by atoms with Crippen LogP contribution in [0.15, 0.2) is 59.0 Å². The Labute approximate surface area is 307 Å². The molecule has 5 rings (SSSR count). The summed E-state index contributed by atoms with van der Waals surface area (Å²) in [5, 5.41) is 2.04. The van der Waals surface area contributed by atoms with Crippen LogP contribution in [-0.4, -0.2) is 80.0 Å². The first-order valence-corrected chi connectivity index (χ1v) is 20.7. The Morgan fingerprint density at radius 1 is 0.714 bits per heavy atom. The van der Waals surface area contributed by atoms with Crippen molar-refractivity contribution < 1.29 is 28.5 Å². The third-order valence-corrected chi connectivity index (χ3v) is 11.8. The SMILES string of the molecule is CC.CC/C=C(\SC)c1ccc(C2=C3C(=O)N(CC(OCC)OCC)C(c4ccc(-c5cccs5)s4)=C3C(=O)N2CC(OCC)OCC)s1. The van der Waals surface area contributed by atoms with Crippen LogP contribution in [0, 0.1) is 0 Å². The van der Waals surface area contributed by atoms with E-state index >= 15 is 0 Å². The second-order valence-electron chi connectivity index (χ2n) is 10.4. The zero-order valence-electron chi connectivity index (χ0n) is 29.7. The summed E-state index contributed by atoms with van der Waals surface area (Å²) in [6.07, 6.45) is 3.88. The highest BCUT2D eigenvalue weighted by molar-refractivity contribution is 8.07. The molecule has 0 bridgehead atoms. The van der Waals surface area contributed by atoms with Crippen molar-refractivity contribution in [1.29, 1.82) is 0 Å². The number of amides is 2. The maximum atomic E-state index is 14.7. The molecule has 8 nitrogen and oxygen atoms in total. The number of carbonyl (C=O) groups excluding carboxylic acids is 2. The Bertz CT molecular complexity index is 1620. The zero-order chi connectivity index (χ0) is 35.5. The molecule has 5 heterocycles. The third-order valence-electron chi connectivity index (χ3n) is 7.55. The molecule has 0 unspecified atom stereocenters. The molecule has 266 valence electrons. The van der Waals surface area contributed by atoms with Crippen molar-refractivity contribution in [2.75, 3.05) is 45.8 Å². The van der Waals surface area contributed by atoms with Crippen LogP contribution in [0.1, 0.15) is 69.5 Å². The molecule has 0 N–H and O–H groups in total. The van der Waals surface area contributed by atoms with Gasteiger partial charge in [-0.25, -0.2) is 0 Å². The molecule has 0 aromatic carbocycles. The fourth-order valence-electron chi connectivity index (χ4n) is 5.69. The van der Waals surface area contributed by atoms with Crippen molar-refractivity contribution in [1.82, 2.24) is 9.80 Å². The molecular formula is C37H48N2O6S4. The summed E-state index contributed by atoms with van der Waals surface area (Å²) in [5.41, 5.74) is 1.97. The Hall–Kier alpha value is -2.55. The minimum Gasteiger partial charge on any atom is -0.351 e. The van der Waals surface area contributed by atoms with Crippen LogP contribution in [0.5, 0.6) is 0 Å². The quantitative estimate of drug-likeness (QED) is 0.120. The number of thiophene rings is 3. The van der Waals surface area contributed by atoms with Gasteiger partial charge in [-0.3, -0.25) is 9.59 Å². The van der Waals surface area contributed by atoms with Gasteiger partial charge in [-0.15, -0.1) is 45.8 Å². The van der Waals surface area contributed by atoms with Crippen LogP contribution in [0.3, 0.4) is 0 Å². The van der Waals surface area contributed by atoms with Crippen molar-refractivity contribution in [3.8, 4) is 9.75 Å². The molecule has 0 fully saturated rings. The van der Waals surface area contributed by atoms with Gasteiger partial charge in [0, 0.05) is 46.0 Å². The van der Waals surface area contributed by atoms with E-state index in [-0.39, 0.29) is 24.9 Å². The van der Waals surface area contributed by atoms with Gasteiger partial charge in [-0.05, 0) is 76.1 Å². The molecule has 0 saturated carbocycles. The third kappa shape index (κ3) is 8.68. The number of hydrogen-bond donors (Lipinski definition) is 0. The molecule has 3 aromatic rings. The van der Waals surface area contributed by atoms with Gasteiger partial charge in [0.05, 0.1) is 45.4 Å². The number of hydrogen-bond acceptors (Lipinski definition) is 10. The average molecular weight is 745 g/mol. The first kappa shape index (κ1) is 39.2. The van der Waals surface area contributed by atoms with Crippen LogP contribution >= 0.6 is 45.8 Å². The number of nitrogens with zero attached hydrogens (tertiary/aromatic N) is 2. The van der Waals surface area contributed by atoms with Gasteiger partial charge in [0.25, 0.3) is 11.8 Å². The van der Waals surface area contributed by atoms with E-state index in [2.05, 4.69) is 37.5 Å². The van der Waals surface area contributed by atoms with E-state index in [1.807, 2.05) is 65.1 Å². The first-order chi connectivity index (χ1) is 23.9. The van der Waals surface area contributed by atoms with Crippen LogP contribution in [-0.2, 0) is 28.5 Å². The zero-order valence-corrected chi connectivity index (χ0v) is 33.0. The van der Waals surface area contributed by atoms with E-state index in [1.165, 1.54) is 4.91 Å².